The lowest BCUT2D eigenvalue weighted by atomic mass is 9.94. The van der Waals surface area contributed by atoms with Crippen LogP contribution in [-0.2, 0) is 0 Å². The van der Waals surface area contributed by atoms with Gasteiger partial charge in [0, 0.05) is 12.5 Å². The van der Waals surface area contributed by atoms with Crippen LogP contribution >= 0.6 is 0 Å². The fraction of sp³-hybridized carbons (Fsp3) is 0.467. The summed E-state index contributed by atoms with van der Waals surface area (Å²) in [6, 6.07) is 5.67. The number of benzene rings is 1. The summed E-state index contributed by atoms with van der Waals surface area (Å²) in [5.41, 5.74) is 12.3. The number of anilines is 2. The van der Waals surface area contributed by atoms with Crippen molar-refractivity contribution in [1.29, 1.82) is 0 Å². The van der Waals surface area contributed by atoms with Crippen LogP contribution in [0.15, 0.2) is 18.2 Å². The quantitative estimate of drug-likeness (QED) is 0.792. The highest BCUT2D eigenvalue weighted by Gasteiger charge is 2.22. The molecule has 1 aromatic heterocycles. The minimum absolute atomic E-state index is 0.111. The molecule has 2 atom stereocenters. The zero-order valence-corrected chi connectivity index (χ0v) is 12.2. The van der Waals surface area contributed by atoms with Crippen LogP contribution in [0.5, 0.6) is 5.75 Å². The molecule has 6 nitrogen and oxygen atoms in total. The van der Waals surface area contributed by atoms with Gasteiger partial charge in [0.25, 0.3) is 0 Å². The first-order valence-electron chi connectivity index (χ1n) is 7.34. The van der Waals surface area contributed by atoms with Gasteiger partial charge >= 0.3 is 0 Å². The van der Waals surface area contributed by atoms with Crippen LogP contribution in [0.25, 0.3) is 10.9 Å². The fourth-order valence-electron chi connectivity index (χ4n) is 2.87. The van der Waals surface area contributed by atoms with E-state index in [1.54, 1.807) is 0 Å². The van der Waals surface area contributed by atoms with Crippen molar-refractivity contribution >= 4 is 22.7 Å². The molecule has 0 radical (unpaired) electrons. The molecule has 2 unspecified atom stereocenters. The minimum Gasteiger partial charge on any atom is -0.490 e. The Morgan fingerprint density at radius 1 is 1.33 bits per heavy atom. The van der Waals surface area contributed by atoms with E-state index >= 15 is 0 Å². The van der Waals surface area contributed by atoms with Gasteiger partial charge in [0.1, 0.15) is 11.6 Å². The summed E-state index contributed by atoms with van der Waals surface area (Å²) in [5, 5.41) is 4.15. The molecule has 112 valence electrons. The van der Waals surface area contributed by atoms with Gasteiger partial charge in [-0.1, -0.05) is 6.07 Å². The largest absolute Gasteiger partial charge is 0.490 e. The highest BCUT2D eigenvalue weighted by molar-refractivity contribution is 5.94. The highest BCUT2D eigenvalue weighted by Crippen LogP contribution is 2.31. The number of nitrogen functional groups attached to an aromatic ring is 2. The number of ether oxygens (including phenoxy) is 1. The molecule has 1 aromatic carbocycles. The number of fused-ring (bicyclic) bond motifs is 1. The normalized spacial score (nSPS) is 20.3. The minimum atomic E-state index is 0.111. The van der Waals surface area contributed by atoms with Crippen LogP contribution < -0.4 is 21.5 Å². The molecule has 0 spiro atoms. The number of piperidine rings is 1. The second-order valence-corrected chi connectivity index (χ2v) is 5.55. The van der Waals surface area contributed by atoms with Crippen LogP contribution in [-0.4, -0.2) is 29.2 Å². The maximum atomic E-state index is 6.15. The molecule has 0 saturated carbocycles. The van der Waals surface area contributed by atoms with Gasteiger partial charge in [0.2, 0.25) is 5.95 Å². The summed E-state index contributed by atoms with van der Waals surface area (Å²) in [4.78, 5) is 8.25. The average Bonchev–Trinajstić information content (AvgIpc) is 2.47. The van der Waals surface area contributed by atoms with E-state index < -0.39 is 0 Å². The predicted molar refractivity (Wildman–Crippen MR) is 84.0 cm³/mol. The number of nitrogens with two attached hydrogens (primary N) is 2. The Kier molecular flexibility index (Phi) is 3.79. The Labute approximate surface area is 123 Å². The molecular weight excluding hydrogens is 266 g/mol. The number of rotatable bonds is 3. The summed E-state index contributed by atoms with van der Waals surface area (Å²) in [5.74, 6) is 1.77. The van der Waals surface area contributed by atoms with E-state index in [9.17, 15) is 0 Å². The predicted octanol–water partition coefficient (Wildman–Crippen LogP) is 1.56. The molecule has 3 rings (SSSR count). The Balaban J connectivity index is 1.89. The number of aromatic nitrogens is 2. The van der Waals surface area contributed by atoms with E-state index in [1.807, 2.05) is 18.2 Å². The summed E-state index contributed by atoms with van der Waals surface area (Å²) < 4.78 is 6.15. The molecule has 0 aliphatic carbocycles. The summed E-state index contributed by atoms with van der Waals surface area (Å²) in [7, 11) is 0. The maximum absolute atomic E-state index is 6.15. The van der Waals surface area contributed by atoms with Gasteiger partial charge in [-0.3, -0.25) is 0 Å². The van der Waals surface area contributed by atoms with Gasteiger partial charge in [0.05, 0.1) is 17.0 Å². The average molecular weight is 287 g/mol. The van der Waals surface area contributed by atoms with Gasteiger partial charge in [-0.25, -0.2) is 4.98 Å². The first kappa shape index (κ1) is 13.9. The molecule has 0 bridgehead atoms. The molecule has 1 fully saturated rings. The molecule has 6 heteroatoms. The van der Waals surface area contributed by atoms with Crippen molar-refractivity contribution < 1.29 is 4.74 Å². The van der Waals surface area contributed by atoms with Gasteiger partial charge < -0.3 is 21.5 Å². The van der Waals surface area contributed by atoms with E-state index in [2.05, 4.69) is 22.2 Å². The smallest absolute Gasteiger partial charge is 0.222 e. The third-order valence-electron chi connectivity index (χ3n) is 4.04. The standard InChI is InChI=1S/C15H21N5O/c1-9(10-4-3-7-18-8-10)21-12-6-2-5-11-13(12)14(16)20-15(17)19-11/h2,5-6,9-10,18H,3-4,7-8H2,1H3,(H4,16,17,19,20). The lowest BCUT2D eigenvalue weighted by Gasteiger charge is -2.29. The Hall–Kier alpha value is -2.08. The molecule has 1 aliphatic heterocycles. The van der Waals surface area contributed by atoms with E-state index in [0.717, 1.165) is 24.2 Å². The Morgan fingerprint density at radius 3 is 2.95 bits per heavy atom. The Bertz CT molecular complexity index is 639. The van der Waals surface area contributed by atoms with Crippen LogP contribution in [0.1, 0.15) is 19.8 Å². The third kappa shape index (κ3) is 2.85. The van der Waals surface area contributed by atoms with Gasteiger partial charge in [-0.15, -0.1) is 0 Å². The van der Waals surface area contributed by atoms with E-state index in [0.29, 0.717) is 17.3 Å². The van der Waals surface area contributed by atoms with Gasteiger partial charge in [-0.05, 0) is 38.4 Å². The maximum Gasteiger partial charge on any atom is 0.222 e. The summed E-state index contributed by atoms with van der Waals surface area (Å²) in [6.45, 7) is 4.19. The van der Waals surface area contributed by atoms with Crippen LogP contribution in [0.4, 0.5) is 11.8 Å². The summed E-state index contributed by atoms with van der Waals surface area (Å²) in [6.07, 6.45) is 2.48. The van der Waals surface area contributed by atoms with Crippen LogP contribution in [0.2, 0.25) is 0 Å². The van der Waals surface area contributed by atoms with E-state index in [4.69, 9.17) is 16.2 Å². The van der Waals surface area contributed by atoms with E-state index in [-0.39, 0.29) is 12.1 Å². The van der Waals surface area contributed by atoms with Crippen molar-refractivity contribution in [2.75, 3.05) is 24.6 Å². The van der Waals surface area contributed by atoms with Crippen molar-refractivity contribution in [2.45, 2.75) is 25.9 Å². The molecular formula is C15H21N5O. The summed E-state index contributed by atoms with van der Waals surface area (Å²) >= 11 is 0. The van der Waals surface area contributed by atoms with Crippen molar-refractivity contribution in [1.82, 2.24) is 15.3 Å². The lowest BCUT2D eigenvalue weighted by molar-refractivity contribution is 0.133. The van der Waals surface area contributed by atoms with Crippen molar-refractivity contribution in [3.8, 4) is 5.75 Å². The van der Waals surface area contributed by atoms with Crippen molar-refractivity contribution in [3.05, 3.63) is 18.2 Å². The van der Waals surface area contributed by atoms with Crippen LogP contribution in [0.3, 0.4) is 0 Å². The molecule has 5 N–H and O–H groups in total. The topological polar surface area (TPSA) is 99.1 Å². The van der Waals surface area contributed by atoms with Gasteiger partial charge in [0.15, 0.2) is 0 Å². The molecule has 0 amide bonds. The molecule has 21 heavy (non-hydrogen) atoms. The number of hydrogen-bond acceptors (Lipinski definition) is 6. The SMILES string of the molecule is CC(Oc1cccc2nc(N)nc(N)c12)C1CCCNC1. The molecule has 1 aliphatic rings. The number of nitrogens with zero attached hydrogens (tertiary/aromatic N) is 2. The zero-order valence-electron chi connectivity index (χ0n) is 12.2. The fourth-order valence-corrected chi connectivity index (χ4v) is 2.87. The first-order valence-corrected chi connectivity index (χ1v) is 7.34. The first-order chi connectivity index (χ1) is 10.1. The van der Waals surface area contributed by atoms with Crippen molar-refractivity contribution in [3.63, 3.8) is 0 Å². The van der Waals surface area contributed by atoms with Crippen LogP contribution in [0, 0.1) is 5.92 Å². The second-order valence-electron chi connectivity index (χ2n) is 5.55. The molecule has 2 heterocycles. The zero-order chi connectivity index (χ0) is 14.8. The molecule has 1 saturated heterocycles. The Morgan fingerprint density at radius 2 is 2.19 bits per heavy atom. The van der Waals surface area contributed by atoms with Crippen molar-refractivity contribution in [2.24, 2.45) is 5.92 Å². The third-order valence-corrected chi connectivity index (χ3v) is 4.04. The molecule has 2 aromatic rings. The monoisotopic (exact) mass is 287 g/mol. The van der Waals surface area contributed by atoms with E-state index in [1.165, 1.54) is 12.8 Å². The number of nitrogens with one attached hydrogen (secondary N) is 1. The lowest BCUT2D eigenvalue weighted by Crippen LogP contribution is -2.37. The second kappa shape index (κ2) is 5.73. The number of hydrogen-bond donors (Lipinski definition) is 3. The van der Waals surface area contributed by atoms with Gasteiger partial charge in [-0.2, -0.15) is 4.98 Å². The highest BCUT2D eigenvalue weighted by atomic mass is 16.5.